The summed E-state index contributed by atoms with van der Waals surface area (Å²) < 4.78 is 6.53. The Morgan fingerprint density at radius 2 is 1.95 bits per heavy atom. The van der Waals surface area contributed by atoms with E-state index in [4.69, 9.17) is 16.3 Å². The van der Waals surface area contributed by atoms with Crippen molar-refractivity contribution in [2.75, 3.05) is 7.11 Å². The van der Waals surface area contributed by atoms with E-state index < -0.39 is 0 Å². The van der Waals surface area contributed by atoms with Crippen LogP contribution >= 0.6 is 23.4 Å². The van der Waals surface area contributed by atoms with Crippen LogP contribution in [0.5, 0.6) is 6.01 Å². The summed E-state index contributed by atoms with van der Waals surface area (Å²) in [6.07, 6.45) is 0. The summed E-state index contributed by atoms with van der Waals surface area (Å²) in [5.41, 5.74) is 0.831. The minimum atomic E-state index is 0.0445. The zero-order chi connectivity index (χ0) is 14.7. The third-order valence-electron chi connectivity index (χ3n) is 2.37. The predicted molar refractivity (Wildman–Crippen MR) is 74.7 cm³/mol. The topological polar surface area (TPSA) is 91.5 Å². The number of methoxy groups -OCH3 is 1. The second-order valence-electron chi connectivity index (χ2n) is 3.68. The van der Waals surface area contributed by atoms with Crippen LogP contribution in [0.1, 0.15) is 0 Å². The van der Waals surface area contributed by atoms with Crippen molar-refractivity contribution in [3.63, 3.8) is 0 Å². The molecule has 0 aliphatic carbocycles. The zero-order valence-electron chi connectivity index (χ0n) is 10.7. The highest BCUT2D eigenvalue weighted by Crippen LogP contribution is 2.25. The van der Waals surface area contributed by atoms with Gasteiger partial charge in [0.05, 0.1) is 12.8 Å². The van der Waals surface area contributed by atoms with Gasteiger partial charge in [-0.3, -0.25) is 0 Å². The lowest BCUT2D eigenvalue weighted by molar-refractivity contribution is 0.373. The van der Waals surface area contributed by atoms with Crippen LogP contribution in [0, 0.1) is 0 Å². The fraction of sp³-hybridized carbons (Fsp3) is 0.0909. The molecule has 0 unspecified atom stereocenters. The molecule has 106 valence electrons. The molecule has 21 heavy (non-hydrogen) atoms. The first kappa shape index (κ1) is 13.7. The number of para-hydroxylation sites is 1. The average Bonchev–Trinajstić information content (AvgIpc) is 2.95. The van der Waals surface area contributed by atoms with Gasteiger partial charge in [-0.2, -0.15) is 19.6 Å². The van der Waals surface area contributed by atoms with E-state index in [0.717, 1.165) is 17.4 Å². The highest BCUT2D eigenvalue weighted by Gasteiger charge is 2.13. The Kier molecular flexibility index (Phi) is 3.93. The molecule has 0 N–H and O–H groups in total. The van der Waals surface area contributed by atoms with E-state index in [9.17, 15) is 0 Å². The molecule has 0 spiro atoms. The third kappa shape index (κ3) is 3.09. The molecular formula is C11H8ClN7OS. The van der Waals surface area contributed by atoms with Crippen LogP contribution in [-0.4, -0.2) is 42.3 Å². The van der Waals surface area contributed by atoms with Crippen molar-refractivity contribution in [3.8, 4) is 11.7 Å². The van der Waals surface area contributed by atoms with Gasteiger partial charge in [0.2, 0.25) is 15.6 Å². The van der Waals surface area contributed by atoms with Crippen molar-refractivity contribution in [3.05, 3.63) is 35.6 Å². The summed E-state index contributed by atoms with van der Waals surface area (Å²) in [6.45, 7) is 0. The van der Waals surface area contributed by atoms with Crippen molar-refractivity contribution in [1.82, 2.24) is 35.2 Å². The molecule has 8 nitrogen and oxygen atoms in total. The molecule has 3 aromatic rings. The van der Waals surface area contributed by atoms with Gasteiger partial charge in [-0.25, -0.2) is 0 Å². The van der Waals surface area contributed by atoms with Crippen LogP contribution in [0.2, 0.25) is 5.28 Å². The fourth-order valence-electron chi connectivity index (χ4n) is 1.51. The Morgan fingerprint density at radius 1 is 1.14 bits per heavy atom. The second-order valence-corrected chi connectivity index (χ2v) is 4.96. The van der Waals surface area contributed by atoms with E-state index in [2.05, 4.69) is 30.5 Å². The highest BCUT2D eigenvalue weighted by atomic mass is 35.5. The molecule has 1 aromatic carbocycles. The zero-order valence-corrected chi connectivity index (χ0v) is 12.3. The normalized spacial score (nSPS) is 10.6. The van der Waals surface area contributed by atoms with Crippen molar-refractivity contribution in [2.45, 2.75) is 10.3 Å². The molecule has 3 rings (SSSR count). The molecule has 2 aromatic heterocycles. The van der Waals surface area contributed by atoms with E-state index in [1.165, 1.54) is 7.11 Å². The van der Waals surface area contributed by atoms with Crippen molar-refractivity contribution >= 4 is 23.4 Å². The van der Waals surface area contributed by atoms with Gasteiger partial charge in [0.25, 0.3) is 0 Å². The number of hydrogen-bond acceptors (Lipinski definition) is 8. The molecule has 0 fully saturated rings. The predicted octanol–water partition coefficient (Wildman–Crippen LogP) is 1.66. The number of benzene rings is 1. The van der Waals surface area contributed by atoms with E-state index in [1.807, 2.05) is 30.3 Å². The maximum absolute atomic E-state index is 5.81. The average molecular weight is 322 g/mol. The Hall–Kier alpha value is -2.26. The Morgan fingerprint density at radius 3 is 2.71 bits per heavy atom. The molecule has 10 heteroatoms. The SMILES string of the molecule is COc1nc(Cl)nc(Sc2nnnn2-c2ccccc2)n1. The highest BCUT2D eigenvalue weighted by molar-refractivity contribution is 7.99. The Labute approximate surface area is 128 Å². The largest absolute Gasteiger partial charge is 0.467 e. The molecule has 0 radical (unpaired) electrons. The molecule has 0 aliphatic heterocycles. The summed E-state index contributed by atoms with van der Waals surface area (Å²) >= 11 is 6.97. The van der Waals surface area contributed by atoms with Crippen LogP contribution in [0.15, 0.2) is 40.6 Å². The van der Waals surface area contributed by atoms with E-state index in [-0.39, 0.29) is 11.3 Å². The molecule has 0 aliphatic rings. The smallest absolute Gasteiger partial charge is 0.321 e. The standard InChI is InChI=1S/C11H8ClN7OS/c1-20-9-13-8(12)14-10(15-9)21-11-16-17-18-19(11)7-5-3-2-4-6-7/h2-6H,1H3. The minimum absolute atomic E-state index is 0.0445. The summed E-state index contributed by atoms with van der Waals surface area (Å²) in [5.74, 6) is 0. The third-order valence-corrected chi connectivity index (χ3v) is 3.35. The molecule has 2 heterocycles. The first-order valence-electron chi connectivity index (χ1n) is 5.73. The van der Waals surface area contributed by atoms with Crippen molar-refractivity contribution < 1.29 is 4.74 Å². The number of ether oxygens (including phenoxy) is 1. The Balaban J connectivity index is 1.93. The summed E-state index contributed by atoms with van der Waals surface area (Å²) in [5, 5.41) is 12.5. The van der Waals surface area contributed by atoms with E-state index in [1.54, 1.807) is 4.68 Å². The van der Waals surface area contributed by atoms with Crippen LogP contribution < -0.4 is 4.74 Å². The first-order chi connectivity index (χ1) is 10.3. The molecular weight excluding hydrogens is 314 g/mol. The monoisotopic (exact) mass is 321 g/mol. The molecule has 0 amide bonds. The maximum atomic E-state index is 5.81. The number of rotatable bonds is 4. The Bertz CT molecular complexity index is 751. The molecule has 0 bridgehead atoms. The lowest BCUT2D eigenvalue weighted by Crippen LogP contribution is -2.01. The van der Waals surface area contributed by atoms with Gasteiger partial charge < -0.3 is 4.74 Å². The first-order valence-corrected chi connectivity index (χ1v) is 6.93. The van der Waals surface area contributed by atoms with Gasteiger partial charge in [0.15, 0.2) is 0 Å². The van der Waals surface area contributed by atoms with Gasteiger partial charge in [-0.05, 0) is 45.9 Å². The van der Waals surface area contributed by atoms with Gasteiger partial charge in [-0.15, -0.1) is 5.10 Å². The fourth-order valence-corrected chi connectivity index (χ4v) is 2.43. The van der Waals surface area contributed by atoms with Crippen LogP contribution in [0.25, 0.3) is 5.69 Å². The quantitative estimate of drug-likeness (QED) is 0.716. The molecule has 0 saturated heterocycles. The second kappa shape index (κ2) is 6.02. The van der Waals surface area contributed by atoms with Gasteiger partial charge in [-0.1, -0.05) is 18.2 Å². The van der Waals surface area contributed by atoms with E-state index in [0.29, 0.717) is 10.3 Å². The maximum Gasteiger partial charge on any atom is 0.321 e. The summed E-state index contributed by atoms with van der Waals surface area (Å²) in [7, 11) is 1.45. The van der Waals surface area contributed by atoms with Gasteiger partial charge >= 0.3 is 6.01 Å². The molecule has 0 atom stereocenters. The summed E-state index contributed by atoms with van der Waals surface area (Å²) in [6, 6.07) is 9.62. The van der Waals surface area contributed by atoms with Crippen LogP contribution in [-0.2, 0) is 0 Å². The number of nitrogens with zero attached hydrogens (tertiary/aromatic N) is 7. The number of halogens is 1. The van der Waals surface area contributed by atoms with Crippen LogP contribution in [0.3, 0.4) is 0 Å². The van der Waals surface area contributed by atoms with Crippen LogP contribution in [0.4, 0.5) is 0 Å². The van der Waals surface area contributed by atoms with E-state index >= 15 is 0 Å². The van der Waals surface area contributed by atoms with Crippen molar-refractivity contribution in [1.29, 1.82) is 0 Å². The van der Waals surface area contributed by atoms with Gasteiger partial charge in [0.1, 0.15) is 0 Å². The van der Waals surface area contributed by atoms with Gasteiger partial charge in [0, 0.05) is 0 Å². The summed E-state index contributed by atoms with van der Waals surface area (Å²) in [4.78, 5) is 11.9. The number of hydrogen-bond donors (Lipinski definition) is 0. The lowest BCUT2D eigenvalue weighted by atomic mass is 10.3. The van der Waals surface area contributed by atoms with Crippen molar-refractivity contribution in [2.24, 2.45) is 0 Å². The minimum Gasteiger partial charge on any atom is -0.467 e. The molecule has 0 saturated carbocycles. The number of aromatic nitrogens is 7. The lowest BCUT2D eigenvalue weighted by Gasteiger charge is -2.04. The number of tetrazole rings is 1.